The van der Waals surface area contributed by atoms with Gasteiger partial charge < -0.3 is 29.6 Å². The quantitative estimate of drug-likeness (QED) is 0.198. The molecule has 14 nitrogen and oxygen atoms in total. The number of rotatable bonds is 6. The standard InChI is InChI=1S/C19H23N5O.C14H19ClN4O.C5H6BNO2.CH4/c1-3-15-19(25)23(2)16-12-21-17(13-8-10-20-11-9-13)22-18(16)24(15)14-6-4-5-7-14;1-3-10-13(20)18(2)11-8-16-14(15)17-12(11)19(10)9-6-4-5-7-9;8-6(9)5-1-3-7-4-2-5;/h8-12,14-15H,3-7H2,1-2H3;8-10H,3-7H2,1-2H3;1-4,8-9H;1H4/t15-;10-;;/m11../s1. The number of amides is 2. The number of carbonyl (C=O) groups is 2. The minimum Gasteiger partial charge on any atom is -0.423 e. The van der Waals surface area contributed by atoms with Crippen LogP contribution in [0.5, 0.6) is 0 Å². The molecule has 55 heavy (non-hydrogen) atoms. The van der Waals surface area contributed by atoms with E-state index in [2.05, 4.69) is 41.6 Å². The summed E-state index contributed by atoms with van der Waals surface area (Å²) in [6.07, 6.45) is 20.9. The van der Waals surface area contributed by atoms with Crippen molar-refractivity contribution in [1.29, 1.82) is 0 Å². The topological polar surface area (TPSA) is 165 Å². The molecule has 4 aliphatic rings. The molecule has 2 N–H and O–H groups in total. The molecule has 8 rings (SSSR count). The molecule has 0 aromatic carbocycles. The normalized spacial score (nSPS) is 19.5. The fourth-order valence-corrected chi connectivity index (χ4v) is 8.05. The van der Waals surface area contributed by atoms with Crippen LogP contribution in [0.1, 0.15) is 85.5 Å². The lowest BCUT2D eigenvalue weighted by atomic mass is 9.81. The Morgan fingerprint density at radius 3 is 1.58 bits per heavy atom. The first kappa shape index (κ1) is 41.4. The summed E-state index contributed by atoms with van der Waals surface area (Å²) in [4.78, 5) is 58.9. The molecule has 0 saturated heterocycles. The van der Waals surface area contributed by atoms with E-state index in [0.29, 0.717) is 23.4 Å². The van der Waals surface area contributed by atoms with Crippen molar-refractivity contribution in [3.05, 3.63) is 66.7 Å². The van der Waals surface area contributed by atoms with Gasteiger partial charge in [-0.05, 0) is 79.9 Å². The van der Waals surface area contributed by atoms with Gasteiger partial charge in [-0.25, -0.2) is 15.0 Å². The van der Waals surface area contributed by atoms with Gasteiger partial charge in [-0.15, -0.1) is 0 Å². The Balaban J connectivity index is 0.000000173. The van der Waals surface area contributed by atoms with Gasteiger partial charge in [0.15, 0.2) is 17.5 Å². The number of hydrogen-bond acceptors (Lipinski definition) is 12. The molecule has 2 fully saturated rings. The second-order valence-electron chi connectivity index (χ2n) is 14.0. The molecule has 16 heteroatoms. The van der Waals surface area contributed by atoms with E-state index in [4.69, 9.17) is 26.6 Å². The molecule has 0 unspecified atom stereocenters. The fraction of sp³-hybridized carbons (Fsp3) is 0.487. The summed E-state index contributed by atoms with van der Waals surface area (Å²) < 4.78 is 0. The summed E-state index contributed by atoms with van der Waals surface area (Å²) in [5.41, 5.74) is 2.97. The van der Waals surface area contributed by atoms with Crippen molar-refractivity contribution in [2.24, 2.45) is 0 Å². The van der Waals surface area contributed by atoms with E-state index in [1.807, 2.05) is 26.1 Å². The molecule has 2 aliphatic carbocycles. The number of likely N-dealkylation sites (N-methyl/N-ethyl adjacent to an activating group) is 2. The summed E-state index contributed by atoms with van der Waals surface area (Å²) >= 11 is 5.97. The zero-order chi connectivity index (χ0) is 38.4. The Hall–Kier alpha value is -4.73. The third-order valence-corrected chi connectivity index (χ3v) is 10.9. The van der Waals surface area contributed by atoms with Crippen LogP contribution in [0.2, 0.25) is 5.28 Å². The van der Waals surface area contributed by atoms with E-state index >= 15 is 0 Å². The zero-order valence-electron chi connectivity index (χ0n) is 31.3. The molecule has 2 amide bonds. The first-order valence-corrected chi connectivity index (χ1v) is 19.2. The van der Waals surface area contributed by atoms with Gasteiger partial charge in [-0.1, -0.05) is 47.0 Å². The van der Waals surface area contributed by atoms with Crippen molar-refractivity contribution in [3.63, 3.8) is 0 Å². The van der Waals surface area contributed by atoms with E-state index in [-0.39, 0.29) is 36.6 Å². The van der Waals surface area contributed by atoms with Crippen LogP contribution in [0.3, 0.4) is 0 Å². The maximum atomic E-state index is 12.9. The highest BCUT2D eigenvalue weighted by atomic mass is 35.5. The number of hydrogen-bond donors (Lipinski definition) is 2. The van der Waals surface area contributed by atoms with Gasteiger partial charge >= 0.3 is 7.12 Å². The van der Waals surface area contributed by atoms with Gasteiger partial charge in [0.05, 0.1) is 12.4 Å². The average Bonchev–Trinajstić information content (AvgIpc) is 3.94. The number of aromatic nitrogens is 6. The van der Waals surface area contributed by atoms with Gasteiger partial charge in [0, 0.05) is 56.5 Å². The summed E-state index contributed by atoms with van der Waals surface area (Å²) in [6.45, 7) is 4.13. The predicted molar refractivity (Wildman–Crippen MR) is 218 cm³/mol. The number of anilines is 4. The average molecular weight is 771 g/mol. The predicted octanol–water partition coefficient (Wildman–Crippen LogP) is 5.07. The van der Waals surface area contributed by atoms with Gasteiger partial charge in [0.1, 0.15) is 23.5 Å². The Morgan fingerprint density at radius 1 is 0.709 bits per heavy atom. The lowest BCUT2D eigenvalue weighted by Gasteiger charge is -2.43. The lowest BCUT2D eigenvalue weighted by molar-refractivity contribution is -0.120. The van der Waals surface area contributed by atoms with Crippen molar-refractivity contribution in [2.45, 2.75) is 110 Å². The monoisotopic (exact) mass is 770 g/mol. The molecule has 292 valence electrons. The van der Waals surface area contributed by atoms with Crippen molar-refractivity contribution < 1.29 is 19.6 Å². The van der Waals surface area contributed by atoms with Crippen LogP contribution in [0.15, 0.2) is 61.4 Å². The SMILES string of the molecule is C.CC[C@@H]1C(=O)N(C)c2cnc(-c3ccncc3)nc2N1C1CCCC1.CC[C@@H]1C(=O)N(C)c2cnc(Cl)nc2N1C1CCCC1.OB(O)c1ccncc1. The highest BCUT2D eigenvalue weighted by molar-refractivity contribution is 6.58. The van der Waals surface area contributed by atoms with Crippen LogP contribution in [0, 0.1) is 0 Å². The second-order valence-corrected chi connectivity index (χ2v) is 14.3. The van der Waals surface area contributed by atoms with E-state index in [0.717, 1.165) is 67.1 Å². The molecule has 2 atom stereocenters. The van der Waals surface area contributed by atoms with E-state index in [1.54, 1.807) is 53.8 Å². The third-order valence-electron chi connectivity index (χ3n) is 10.7. The summed E-state index contributed by atoms with van der Waals surface area (Å²) in [5, 5.41) is 17.3. The largest absolute Gasteiger partial charge is 0.488 e. The Bertz CT molecular complexity index is 1880. The molecular weight excluding hydrogens is 719 g/mol. The molecule has 2 saturated carbocycles. The lowest BCUT2D eigenvalue weighted by Crippen LogP contribution is -2.55. The van der Waals surface area contributed by atoms with Gasteiger partial charge in [0.25, 0.3) is 0 Å². The number of halogens is 1. The minimum absolute atomic E-state index is 0. The van der Waals surface area contributed by atoms with E-state index < -0.39 is 7.12 Å². The van der Waals surface area contributed by atoms with Crippen molar-refractivity contribution >= 4 is 59.0 Å². The Kier molecular flexibility index (Phi) is 14.1. The van der Waals surface area contributed by atoms with Crippen molar-refractivity contribution in [1.82, 2.24) is 29.9 Å². The van der Waals surface area contributed by atoms with Crippen LogP contribution in [-0.2, 0) is 9.59 Å². The molecule has 0 radical (unpaired) electrons. The van der Waals surface area contributed by atoms with Gasteiger partial charge in [0.2, 0.25) is 17.1 Å². The first-order chi connectivity index (χ1) is 26.1. The molecule has 4 aromatic rings. The maximum absolute atomic E-state index is 12.9. The van der Waals surface area contributed by atoms with E-state index in [1.165, 1.54) is 38.1 Å². The van der Waals surface area contributed by atoms with Crippen LogP contribution in [0.25, 0.3) is 11.4 Å². The number of nitrogens with zero attached hydrogens (tertiary/aromatic N) is 10. The second kappa shape index (κ2) is 18.7. The molecule has 0 bridgehead atoms. The maximum Gasteiger partial charge on any atom is 0.488 e. The highest BCUT2D eigenvalue weighted by Gasteiger charge is 2.42. The number of pyridine rings is 2. The fourth-order valence-electron chi connectivity index (χ4n) is 7.92. The van der Waals surface area contributed by atoms with Gasteiger partial charge in [-0.3, -0.25) is 19.6 Å². The van der Waals surface area contributed by atoms with E-state index in [9.17, 15) is 9.59 Å². The number of carbonyl (C=O) groups excluding carboxylic acids is 2. The molecule has 4 aromatic heterocycles. The highest BCUT2D eigenvalue weighted by Crippen LogP contribution is 2.41. The van der Waals surface area contributed by atoms with Gasteiger partial charge in [-0.2, -0.15) is 4.98 Å². The molecule has 6 heterocycles. The van der Waals surface area contributed by atoms with Crippen LogP contribution in [-0.4, -0.2) is 97.1 Å². The summed E-state index contributed by atoms with van der Waals surface area (Å²) in [5.74, 6) is 2.65. The first-order valence-electron chi connectivity index (χ1n) is 18.8. The minimum atomic E-state index is -1.38. The molecule has 2 aliphatic heterocycles. The Morgan fingerprint density at radius 2 is 1.15 bits per heavy atom. The zero-order valence-corrected chi connectivity index (χ0v) is 32.0. The smallest absolute Gasteiger partial charge is 0.423 e. The summed E-state index contributed by atoms with van der Waals surface area (Å²) in [6, 6.07) is 7.42. The van der Waals surface area contributed by atoms with Crippen molar-refractivity contribution in [2.75, 3.05) is 33.7 Å². The number of fused-ring (bicyclic) bond motifs is 2. The van der Waals surface area contributed by atoms with Crippen LogP contribution in [0.4, 0.5) is 23.0 Å². The van der Waals surface area contributed by atoms with Crippen LogP contribution < -0.4 is 25.1 Å². The third kappa shape index (κ3) is 8.89. The molecule has 0 spiro atoms. The summed E-state index contributed by atoms with van der Waals surface area (Å²) in [7, 11) is 2.23. The Labute approximate surface area is 329 Å². The molecular formula is C39H52BClN10O4. The van der Waals surface area contributed by atoms with Crippen LogP contribution >= 0.6 is 11.6 Å². The van der Waals surface area contributed by atoms with Crippen molar-refractivity contribution in [3.8, 4) is 11.4 Å².